The molecule has 2 aromatic carbocycles. The van der Waals surface area contributed by atoms with Gasteiger partial charge in [0.05, 0.1) is 11.3 Å². The zero-order valence-electron chi connectivity index (χ0n) is 11.8. The number of halogens is 1. The van der Waals surface area contributed by atoms with Crippen LogP contribution in [0, 0.1) is 0 Å². The van der Waals surface area contributed by atoms with E-state index in [-0.39, 0.29) is 12.5 Å². The number of hydrogen-bond donors (Lipinski definition) is 3. The van der Waals surface area contributed by atoms with Crippen molar-refractivity contribution in [2.45, 2.75) is 6.42 Å². The van der Waals surface area contributed by atoms with Crippen molar-refractivity contribution in [1.29, 1.82) is 0 Å². The second-order valence-corrected chi connectivity index (χ2v) is 5.41. The molecule has 1 heterocycles. The van der Waals surface area contributed by atoms with Crippen LogP contribution in [0.5, 0.6) is 5.88 Å². The number of aliphatic hydroxyl groups is 1. The van der Waals surface area contributed by atoms with Crippen molar-refractivity contribution in [2.24, 2.45) is 4.99 Å². The molecule has 0 aliphatic rings. The van der Waals surface area contributed by atoms with E-state index < -0.39 is 0 Å². The number of aromatic nitrogens is 1. The Hall–Kier alpha value is -2.30. The molecule has 22 heavy (non-hydrogen) atoms. The summed E-state index contributed by atoms with van der Waals surface area (Å²) in [6.07, 6.45) is 2.25. The monoisotopic (exact) mass is 314 g/mol. The fourth-order valence-electron chi connectivity index (χ4n) is 2.32. The van der Waals surface area contributed by atoms with E-state index in [1.807, 2.05) is 30.3 Å². The Balaban J connectivity index is 1.91. The molecule has 0 aliphatic heterocycles. The molecule has 0 unspecified atom stereocenters. The third-order valence-corrected chi connectivity index (χ3v) is 3.69. The SMILES string of the molecule is OCCc1ccc(N=Cc2c(O)[nH]c3ccc(Cl)cc23)cc1. The first-order chi connectivity index (χ1) is 10.7. The molecule has 0 amide bonds. The van der Waals surface area contributed by atoms with Crippen molar-refractivity contribution >= 4 is 34.4 Å². The van der Waals surface area contributed by atoms with Crippen LogP contribution in [0.4, 0.5) is 5.69 Å². The molecular weight excluding hydrogens is 300 g/mol. The van der Waals surface area contributed by atoms with E-state index in [1.165, 1.54) is 0 Å². The summed E-state index contributed by atoms with van der Waals surface area (Å²) >= 11 is 6.00. The molecule has 0 radical (unpaired) electrons. The molecule has 0 atom stereocenters. The van der Waals surface area contributed by atoms with Crippen molar-refractivity contribution in [2.75, 3.05) is 6.61 Å². The first-order valence-corrected chi connectivity index (χ1v) is 7.29. The number of hydrogen-bond acceptors (Lipinski definition) is 3. The Kier molecular flexibility index (Phi) is 4.13. The molecule has 0 aliphatic carbocycles. The average molecular weight is 315 g/mol. The molecule has 5 heteroatoms. The number of aromatic amines is 1. The van der Waals surface area contributed by atoms with Gasteiger partial charge in [-0.15, -0.1) is 0 Å². The maximum Gasteiger partial charge on any atom is 0.198 e. The highest BCUT2D eigenvalue weighted by Crippen LogP contribution is 2.28. The van der Waals surface area contributed by atoms with Gasteiger partial charge in [0.1, 0.15) is 0 Å². The number of benzene rings is 2. The Labute approximate surface area is 132 Å². The quantitative estimate of drug-likeness (QED) is 0.641. The number of aliphatic hydroxyl groups excluding tert-OH is 1. The van der Waals surface area contributed by atoms with Crippen LogP contribution >= 0.6 is 11.6 Å². The summed E-state index contributed by atoms with van der Waals surface area (Å²) in [6, 6.07) is 13.0. The van der Waals surface area contributed by atoms with Gasteiger partial charge in [-0.2, -0.15) is 0 Å². The average Bonchev–Trinajstić information content (AvgIpc) is 2.82. The van der Waals surface area contributed by atoms with Gasteiger partial charge in [0, 0.05) is 28.7 Å². The van der Waals surface area contributed by atoms with Gasteiger partial charge in [-0.3, -0.25) is 4.99 Å². The highest BCUT2D eigenvalue weighted by atomic mass is 35.5. The molecule has 1 aromatic heterocycles. The molecule has 4 nitrogen and oxygen atoms in total. The summed E-state index contributed by atoms with van der Waals surface area (Å²) in [7, 11) is 0. The summed E-state index contributed by atoms with van der Waals surface area (Å²) in [5, 5.41) is 20.3. The number of aromatic hydroxyl groups is 1. The molecule has 3 aromatic rings. The summed E-state index contributed by atoms with van der Waals surface area (Å²) < 4.78 is 0. The molecule has 3 N–H and O–H groups in total. The van der Waals surface area contributed by atoms with E-state index in [0.717, 1.165) is 22.2 Å². The van der Waals surface area contributed by atoms with E-state index in [2.05, 4.69) is 9.98 Å². The summed E-state index contributed by atoms with van der Waals surface area (Å²) in [5.74, 6) is 0.0675. The summed E-state index contributed by atoms with van der Waals surface area (Å²) in [4.78, 5) is 7.27. The minimum absolute atomic E-state index is 0.0675. The van der Waals surface area contributed by atoms with Crippen molar-refractivity contribution in [3.8, 4) is 5.88 Å². The van der Waals surface area contributed by atoms with E-state index in [0.29, 0.717) is 17.0 Å². The molecule has 112 valence electrons. The maximum atomic E-state index is 10.00. The fraction of sp³-hybridized carbons (Fsp3) is 0.118. The lowest BCUT2D eigenvalue weighted by molar-refractivity contribution is 0.299. The number of H-pyrrole nitrogens is 1. The van der Waals surface area contributed by atoms with Gasteiger partial charge in [0.2, 0.25) is 0 Å². The summed E-state index contributed by atoms with van der Waals surface area (Å²) in [6.45, 7) is 0.132. The normalized spacial score (nSPS) is 11.5. The Bertz CT molecular complexity index is 823. The molecule has 0 saturated heterocycles. The predicted molar refractivity (Wildman–Crippen MR) is 89.5 cm³/mol. The number of aliphatic imine (C=N–C) groups is 1. The van der Waals surface area contributed by atoms with Crippen LogP contribution in [0.25, 0.3) is 10.9 Å². The number of rotatable bonds is 4. The standard InChI is InChI=1S/C17H15ClN2O2/c18-12-3-6-16-14(9-12)15(17(22)20-16)10-19-13-4-1-11(2-5-13)7-8-21/h1-6,9-10,20-22H,7-8H2. The lowest BCUT2D eigenvalue weighted by atomic mass is 10.1. The van der Waals surface area contributed by atoms with Gasteiger partial charge < -0.3 is 15.2 Å². The van der Waals surface area contributed by atoms with Gasteiger partial charge in [0.25, 0.3) is 0 Å². The smallest absolute Gasteiger partial charge is 0.198 e. The highest BCUT2D eigenvalue weighted by Gasteiger charge is 2.09. The van der Waals surface area contributed by atoms with Crippen LogP contribution in [0.15, 0.2) is 47.5 Å². The molecule has 0 saturated carbocycles. The number of fused-ring (bicyclic) bond motifs is 1. The van der Waals surface area contributed by atoms with E-state index in [4.69, 9.17) is 16.7 Å². The highest BCUT2D eigenvalue weighted by molar-refractivity contribution is 6.31. The zero-order chi connectivity index (χ0) is 15.5. The molecule has 0 fully saturated rings. The first-order valence-electron chi connectivity index (χ1n) is 6.91. The minimum atomic E-state index is 0.0675. The van der Waals surface area contributed by atoms with E-state index in [9.17, 15) is 5.11 Å². The topological polar surface area (TPSA) is 68.6 Å². The van der Waals surface area contributed by atoms with E-state index in [1.54, 1.807) is 18.3 Å². The number of nitrogens with zero attached hydrogens (tertiary/aromatic N) is 1. The van der Waals surface area contributed by atoms with Crippen LogP contribution in [0.3, 0.4) is 0 Å². The zero-order valence-corrected chi connectivity index (χ0v) is 12.5. The van der Waals surface area contributed by atoms with E-state index >= 15 is 0 Å². The summed E-state index contributed by atoms with van der Waals surface area (Å²) in [5.41, 5.74) is 3.25. The lowest BCUT2D eigenvalue weighted by Gasteiger charge is -1.99. The maximum absolute atomic E-state index is 10.00. The minimum Gasteiger partial charge on any atom is -0.494 e. The van der Waals surface area contributed by atoms with Crippen LogP contribution in [-0.2, 0) is 6.42 Å². The van der Waals surface area contributed by atoms with Crippen molar-refractivity contribution < 1.29 is 10.2 Å². The Morgan fingerprint density at radius 2 is 1.91 bits per heavy atom. The van der Waals surface area contributed by atoms with Crippen LogP contribution in [0.2, 0.25) is 5.02 Å². The van der Waals surface area contributed by atoms with Crippen molar-refractivity contribution in [1.82, 2.24) is 4.98 Å². The largest absolute Gasteiger partial charge is 0.494 e. The third kappa shape index (κ3) is 2.98. The van der Waals surface area contributed by atoms with Gasteiger partial charge >= 0.3 is 0 Å². The van der Waals surface area contributed by atoms with Crippen LogP contribution in [-0.4, -0.2) is 28.0 Å². The molecular formula is C17H15ClN2O2. The van der Waals surface area contributed by atoms with Gasteiger partial charge in [-0.25, -0.2) is 0 Å². The van der Waals surface area contributed by atoms with Crippen LogP contribution in [0.1, 0.15) is 11.1 Å². The van der Waals surface area contributed by atoms with Gasteiger partial charge in [-0.1, -0.05) is 23.7 Å². The Morgan fingerprint density at radius 1 is 1.14 bits per heavy atom. The first kappa shape index (κ1) is 14.6. The van der Waals surface area contributed by atoms with Crippen LogP contribution < -0.4 is 0 Å². The van der Waals surface area contributed by atoms with Crippen molar-refractivity contribution in [3.63, 3.8) is 0 Å². The van der Waals surface area contributed by atoms with Gasteiger partial charge in [0.15, 0.2) is 5.88 Å². The fourth-order valence-corrected chi connectivity index (χ4v) is 2.49. The van der Waals surface area contributed by atoms with Gasteiger partial charge in [-0.05, 0) is 42.3 Å². The molecule has 3 rings (SSSR count). The Morgan fingerprint density at radius 3 is 2.64 bits per heavy atom. The second-order valence-electron chi connectivity index (χ2n) is 4.98. The third-order valence-electron chi connectivity index (χ3n) is 3.46. The number of nitrogens with one attached hydrogen (secondary N) is 1. The second kappa shape index (κ2) is 6.22. The predicted octanol–water partition coefficient (Wildman–Crippen LogP) is 3.81. The van der Waals surface area contributed by atoms with Crippen molar-refractivity contribution in [3.05, 3.63) is 58.6 Å². The molecule has 0 bridgehead atoms. The lowest BCUT2D eigenvalue weighted by Crippen LogP contribution is -1.88. The molecule has 0 spiro atoms.